The molecule has 2 aromatic rings. The summed E-state index contributed by atoms with van der Waals surface area (Å²) in [5.41, 5.74) is 1.83. The zero-order valence-corrected chi connectivity index (χ0v) is 11.7. The van der Waals surface area contributed by atoms with Crippen LogP contribution in [0.5, 0.6) is 0 Å². The van der Waals surface area contributed by atoms with Crippen molar-refractivity contribution in [2.75, 3.05) is 20.3 Å². The quantitative estimate of drug-likeness (QED) is 0.829. The highest BCUT2D eigenvalue weighted by molar-refractivity contribution is 5.78. The summed E-state index contributed by atoms with van der Waals surface area (Å²) in [6.07, 6.45) is -2.08. The Balaban J connectivity index is 1.99. The van der Waals surface area contributed by atoms with Crippen LogP contribution in [-0.2, 0) is 4.74 Å². The van der Waals surface area contributed by atoms with Gasteiger partial charge in [0.2, 0.25) is 0 Å². The normalized spacial score (nSPS) is 13.5. The Bertz CT molecular complexity index is 586. The molecule has 1 unspecified atom stereocenters. The van der Waals surface area contributed by atoms with Gasteiger partial charge in [0.15, 0.2) is 0 Å². The van der Waals surface area contributed by atoms with Crippen LogP contribution in [0.15, 0.2) is 36.5 Å². The van der Waals surface area contributed by atoms with Crippen LogP contribution in [0.25, 0.3) is 10.9 Å². The molecule has 0 aliphatic heterocycles. The van der Waals surface area contributed by atoms with Gasteiger partial charge in [-0.25, -0.2) is 0 Å². The first-order valence-electron chi connectivity index (χ1n) is 6.66. The molecule has 1 aromatic heterocycles. The molecule has 0 saturated heterocycles. The fourth-order valence-corrected chi connectivity index (χ4v) is 2.15. The molecule has 1 heterocycles. The van der Waals surface area contributed by atoms with Crippen LogP contribution in [0.4, 0.5) is 13.2 Å². The van der Waals surface area contributed by atoms with Crippen LogP contribution >= 0.6 is 0 Å². The highest BCUT2D eigenvalue weighted by Crippen LogP contribution is 2.21. The molecule has 2 rings (SSSR count). The summed E-state index contributed by atoms with van der Waals surface area (Å²) in [6, 6.07) is 9.62. The lowest BCUT2D eigenvalue weighted by Gasteiger charge is -2.17. The monoisotopic (exact) mass is 298 g/mol. The summed E-state index contributed by atoms with van der Waals surface area (Å²) in [5, 5.41) is 4.09. The first-order chi connectivity index (χ1) is 9.99. The van der Waals surface area contributed by atoms with Gasteiger partial charge in [-0.3, -0.25) is 4.98 Å². The van der Waals surface area contributed by atoms with E-state index in [4.69, 9.17) is 0 Å². The summed E-state index contributed by atoms with van der Waals surface area (Å²) in [7, 11) is 1.77. The van der Waals surface area contributed by atoms with E-state index in [0.29, 0.717) is 6.42 Å². The first-order valence-corrected chi connectivity index (χ1v) is 6.66. The Kier molecular flexibility index (Phi) is 5.14. The fraction of sp³-hybridized carbons (Fsp3) is 0.400. The zero-order chi connectivity index (χ0) is 15.3. The first kappa shape index (κ1) is 15.7. The molecule has 0 aliphatic rings. The number of nitrogens with zero attached hydrogens (tertiary/aromatic N) is 1. The molecule has 21 heavy (non-hydrogen) atoms. The predicted octanol–water partition coefficient (Wildman–Crippen LogP) is 3.46. The van der Waals surface area contributed by atoms with E-state index in [-0.39, 0.29) is 12.6 Å². The summed E-state index contributed by atoms with van der Waals surface area (Å²) in [5.74, 6) is 0. The lowest BCUT2D eigenvalue weighted by atomic mass is 10.0. The van der Waals surface area contributed by atoms with Crippen molar-refractivity contribution in [1.29, 1.82) is 0 Å². The third-order valence-corrected chi connectivity index (χ3v) is 3.18. The lowest BCUT2D eigenvalue weighted by Crippen LogP contribution is -2.21. The molecule has 0 bridgehead atoms. The van der Waals surface area contributed by atoms with Gasteiger partial charge in [0.1, 0.15) is 6.61 Å². The van der Waals surface area contributed by atoms with Crippen molar-refractivity contribution in [1.82, 2.24) is 10.3 Å². The third-order valence-electron chi connectivity index (χ3n) is 3.18. The van der Waals surface area contributed by atoms with Crippen LogP contribution in [0.1, 0.15) is 18.0 Å². The van der Waals surface area contributed by atoms with Crippen molar-refractivity contribution in [2.45, 2.75) is 18.6 Å². The fourth-order valence-electron chi connectivity index (χ4n) is 2.15. The zero-order valence-electron chi connectivity index (χ0n) is 11.7. The van der Waals surface area contributed by atoms with E-state index in [9.17, 15) is 13.2 Å². The van der Waals surface area contributed by atoms with Gasteiger partial charge in [0.05, 0.1) is 5.52 Å². The second-order valence-corrected chi connectivity index (χ2v) is 4.76. The van der Waals surface area contributed by atoms with Crippen LogP contribution in [-0.4, -0.2) is 31.4 Å². The number of rotatable bonds is 6. The van der Waals surface area contributed by atoms with Crippen molar-refractivity contribution in [3.63, 3.8) is 0 Å². The Morgan fingerprint density at radius 3 is 2.76 bits per heavy atom. The molecule has 0 radical (unpaired) electrons. The number of para-hydroxylation sites is 1. The molecule has 0 amide bonds. The number of nitrogens with one attached hydrogen (secondary N) is 1. The largest absolute Gasteiger partial charge is 0.411 e. The number of benzene rings is 1. The SMILES string of the molecule is CNC(CCOCC(F)(F)F)c1cnc2ccccc2c1. The van der Waals surface area contributed by atoms with Gasteiger partial charge >= 0.3 is 6.18 Å². The average Bonchev–Trinajstić information content (AvgIpc) is 2.46. The molecule has 114 valence electrons. The standard InChI is InChI=1S/C15H17F3N2O/c1-19-13(6-7-21-10-15(16,17)18)12-8-11-4-2-3-5-14(11)20-9-12/h2-5,8-9,13,19H,6-7,10H2,1H3. The van der Waals surface area contributed by atoms with Gasteiger partial charge in [0, 0.05) is 24.2 Å². The molecule has 6 heteroatoms. The van der Waals surface area contributed by atoms with Crippen LogP contribution in [0, 0.1) is 0 Å². The molecular formula is C15H17F3N2O. The molecule has 0 aliphatic carbocycles. The Morgan fingerprint density at radius 2 is 2.05 bits per heavy atom. The van der Waals surface area contributed by atoms with Gasteiger partial charge < -0.3 is 10.1 Å². The summed E-state index contributed by atoms with van der Waals surface area (Å²) in [6.45, 7) is -1.17. The van der Waals surface area contributed by atoms with E-state index < -0.39 is 12.8 Å². The summed E-state index contributed by atoms with van der Waals surface area (Å²) in [4.78, 5) is 4.36. The van der Waals surface area contributed by atoms with E-state index >= 15 is 0 Å². The van der Waals surface area contributed by atoms with Gasteiger partial charge in [-0.05, 0) is 31.2 Å². The Hall–Kier alpha value is -1.66. The molecule has 3 nitrogen and oxygen atoms in total. The summed E-state index contributed by atoms with van der Waals surface area (Å²) < 4.78 is 40.7. The van der Waals surface area contributed by atoms with Gasteiger partial charge in [0.25, 0.3) is 0 Å². The van der Waals surface area contributed by atoms with E-state index in [0.717, 1.165) is 16.5 Å². The average molecular weight is 298 g/mol. The second-order valence-electron chi connectivity index (χ2n) is 4.76. The number of hydrogen-bond acceptors (Lipinski definition) is 3. The molecule has 0 spiro atoms. The van der Waals surface area contributed by atoms with E-state index in [1.165, 1.54) is 0 Å². The second kappa shape index (κ2) is 6.87. The highest BCUT2D eigenvalue weighted by Gasteiger charge is 2.27. The van der Waals surface area contributed by atoms with Crippen molar-refractivity contribution in [3.8, 4) is 0 Å². The van der Waals surface area contributed by atoms with Crippen LogP contribution in [0.2, 0.25) is 0 Å². The topological polar surface area (TPSA) is 34.1 Å². The number of aromatic nitrogens is 1. The molecule has 0 saturated carbocycles. The van der Waals surface area contributed by atoms with Crippen LogP contribution in [0.3, 0.4) is 0 Å². The van der Waals surface area contributed by atoms with Crippen molar-refractivity contribution < 1.29 is 17.9 Å². The lowest BCUT2D eigenvalue weighted by molar-refractivity contribution is -0.174. The number of fused-ring (bicyclic) bond motifs is 1. The maximum absolute atomic E-state index is 12.0. The predicted molar refractivity (Wildman–Crippen MR) is 75.0 cm³/mol. The Labute approximate surface area is 121 Å². The van der Waals surface area contributed by atoms with E-state index in [2.05, 4.69) is 15.0 Å². The van der Waals surface area contributed by atoms with Crippen LogP contribution < -0.4 is 5.32 Å². The minimum atomic E-state index is -4.28. The van der Waals surface area contributed by atoms with Crippen molar-refractivity contribution in [3.05, 3.63) is 42.1 Å². The molecule has 1 N–H and O–H groups in total. The maximum atomic E-state index is 12.0. The maximum Gasteiger partial charge on any atom is 0.411 e. The number of halogens is 3. The van der Waals surface area contributed by atoms with E-state index in [1.807, 2.05) is 30.3 Å². The van der Waals surface area contributed by atoms with Crippen molar-refractivity contribution >= 4 is 10.9 Å². The smallest absolute Gasteiger partial charge is 0.372 e. The number of ether oxygens (including phenoxy) is 1. The number of alkyl halides is 3. The molecule has 1 aromatic carbocycles. The highest BCUT2D eigenvalue weighted by atomic mass is 19.4. The molecular weight excluding hydrogens is 281 g/mol. The third kappa shape index (κ3) is 4.68. The Morgan fingerprint density at radius 1 is 1.29 bits per heavy atom. The van der Waals surface area contributed by atoms with Gasteiger partial charge in [-0.15, -0.1) is 0 Å². The molecule has 0 fully saturated rings. The minimum absolute atomic E-state index is 0.0395. The van der Waals surface area contributed by atoms with Crippen molar-refractivity contribution in [2.24, 2.45) is 0 Å². The number of pyridine rings is 1. The number of hydrogen-bond donors (Lipinski definition) is 1. The molecule has 1 atom stereocenters. The van der Waals surface area contributed by atoms with Gasteiger partial charge in [-0.2, -0.15) is 13.2 Å². The van der Waals surface area contributed by atoms with Gasteiger partial charge in [-0.1, -0.05) is 18.2 Å². The summed E-state index contributed by atoms with van der Waals surface area (Å²) >= 11 is 0. The minimum Gasteiger partial charge on any atom is -0.372 e. The van der Waals surface area contributed by atoms with E-state index in [1.54, 1.807) is 13.2 Å².